The number of nitrogens with zero attached hydrogens (tertiary/aromatic N) is 2. The number of anilines is 2. The van der Waals surface area contributed by atoms with Crippen molar-refractivity contribution in [2.75, 3.05) is 37.3 Å². The normalized spacial score (nSPS) is 19.3. The van der Waals surface area contributed by atoms with E-state index in [9.17, 15) is 14.7 Å². The summed E-state index contributed by atoms with van der Waals surface area (Å²) in [4.78, 5) is 25.8. The van der Waals surface area contributed by atoms with Crippen LogP contribution < -0.4 is 21.4 Å². The Hall–Kier alpha value is -2.68. The zero-order chi connectivity index (χ0) is 20.9. The van der Waals surface area contributed by atoms with Gasteiger partial charge in [0.15, 0.2) is 11.6 Å². The number of carboxylic acids is 1. The van der Waals surface area contributed by atoms with Crippen LogP contribution in [0.2, 0.25) is 0 Å². The molecule has 2 fully saturated rings. The fourth-order valence-corrected chi connectivity index (χ4v) is 4.24. The van der Waals surface area contributed by atoms with Crippen LogP contribution in [-0.4, -0.2) is 42.3 Å². The Kier molecular flexibility index (Phi) is 4.94. The number of aromatic carboxylic acids is 1. The first-order valence-corrected chi connectivity index (χ1v) is 9.83. The average molecular weight is 406 g/mol. The van der Waals surface area contributed by atoms with Crippen LogP contribution in [0.25, 0.3) is 10.9 Å². The maximum atomic E-state index is 15.6. The first-order chi connectivity index (χ1) is 13.8. The number of rotatable bonds is 6. The van der Waals surface area contributed by atoms with Crippen molar-refractivity contribution in [3.05, 3.63) is 33.6 Å². The molecule has 0 unspecified atom stereocenters. The molecule has 1 aliphatic carbocycles. The number of fused-ring (bicyclic) bond motifs is 1. The van der Waals surface area contributed by atoms with Crippen LogP contribution in [0.3, 0.4) is 0 Å². The first kappa shape index (κ1) is 19.6. The lowest BCUT2D eigenvalue weighted by atomic mass is 10.0. The summed E-state index contributed by atoms with van der Waals surface area (Å²) in [5, 5.41) is 12.0. The van der Waals surface area contributed by atoms with Crippen molar-refractivity contribution in [3.8, 4) is 0 Å². The molecule has 4 rings (SSSR count). The third kappa shape index (κ3) is 3.23. The number of hydrogen-bond acceptors (Lipinski definition) is 5. The zero-order valence-electron chi connectivity index (χ0n) is 16.2. The van der Waals surface area contributed by atoms with E-state index in [0.29, 0.717) is 19.0 Å². The molecular formula is C20H24F2N4O3. The summed E-state index contributed by atoms with van der Waals surface area (Å²) in [6, 6.07) is -0.120. The molecule has 2 aromatic rings. The van der Waals surface area contributed by atoms with Crippen molar-refractivity contribution < 1.29 is 18.7 Å². The van der Waals surface area contributed by atoms with Crippen LogP contribution in [0, 0.1) is 17.6 Å². The predicted molar refractivity (Wildman–Crippen MR) is 107 cm³/mol. The van der Waals surface area contributed by atoms with E-state index < -0.39 is 34.3 Å². The minimum absolute atomic E-state index is 0.102. The van der Waals surface area contributed by atoms with Gasteiger partial charge in [0.25, 0.3) is 0 Å². The van der Waals surface area contributed by atoms with E-state index >= 15 is 8.78 Å². The summed E-state index contributed by atoms with van der Waals surface area (Å²) in [6.07, 6.45) is 4.34. The predicted octanol–water partition coefficient (Wildman–Crippen LogP) is 2.33. The van der Waals surface area contributed by atoms with E-state index in [0.717, 1.165) is 38.4 Å². The number of carboxylic acid groups (broad SMARTS) is 1. The molecular weight excluding hydrogens is 382 g/mol. The van der Waals surface area contributed by atoms with Gasteiger partial charge in [0.1, 0.15) is 11.3 Å². The van der Waals surface area contributed by atoms with Crippen LogP contribution in [0.4, 0.5) is 20.2 Å². The van der Waals surface area contributed by atoms with Crippen molar-refractivity contribution >= 4 is 28.2 Å². The minimum atomic E-state index is -1.44. The molecule has 0 spiro atoms. The number of pyridine rings is 1. The van der Waals surface area contributed by atoms with Gasteiger partial charge in [-0.2, -0.15) is 0 Å². The van der Waals surface area contributed by atoms with Gasteiger partial charge in [-0.1, -0.05) is 0 Å². The molecule has 1 aromatic carbocycles. The highest BCUT2D eigenvalue weighted by atomic mass is 19.1. The molecule has 0 amide bonds. The Balaban J connectivity index is 1.90. The lowest BCUT2D eigenvalue weighted by Crippen LogP contribution is -2.26. The Labute approximate surface area is 166 Å². The van der Waals surface area contributed by atoms with Gasteiger partial charge in [-0.15, -0.1) is 0 Å². The second-order valence-corrected chi connectivity index (χ2v) is 7.92. The molecule has 1 atom stereocenters. The van der Waals surface area contributed by atoms with Gasteiger partial charge in [-0.05, 0) is 45.2 Å². The quantitative estimate of drug-likeness (QED) is 0.637. The monoisotopic (exact) mass is 406 g/mol. The van der Waals surface area contributed by atoms with Gasteiger partial charge in [0, 0.05) is 25.3 Å². The van der Waals surface area contributed by atoms with Crippen LogP contribution in [0.15, 0.2) is 11.0 Å². The molecule has 2 aliphatic rings. The van der Waals surface area contributed by atoms with Gasteiger partial charge in [-0.3, -0.25) is 4.79 Å². The second kappa shape index (κ2) is 7.29. The highest BCUT2D eigenvalue weighted by molar-refractivity contribution is 5.99. The van der Waals surface area contributed by atoms with Crippen molar-refractivity contribution in [2.45, 2.75) is 31.7 Å². The maximum Gasteiger partial charge on any atom is 0.341 e. The van der Waals surface area contributed by atoms with Crippen molar-refractivity contribution in [1.82, 2.24) is 9.88 Å². The molecule has 4 N–H and O–H groups in total. The van der Waals surface area contributed by atoms with E-state index in [1.165, 1.54) is 4.57 Å². The smallest absolute Gasteiger partial charge is 0.341 e. The van der Waals surface area contributed by atoms with Crippen LogP contribution in [0.5, 0.6) is 0 Å². The van der Waals surface area contributed by atoms with E-state index in [-0.39, 0.29) is 22.6 Å². The number of carbonyl (C=O) groups is 1. The summed E-state index contributed by atoms with van der Waals surface area (Å²) >= 11 is 0. The van der Waals surface area contributed by atoms with Gasteiger partial charge < -0.3 is 25.6 Å². The number of nitrogens with one attached hydrogen (secondary N) is 1. The fourth-order valence-electron chi connectivity index (χ4n) is 4.24. The number of nitrogens with two attached hydrogens (primary N) is 1. The van der Waals surface area contributed by atoms with Gasteiger partial charge >= 0.3 is 5.97 Å². The molecule has 0 bridgehead atoms. The van der Waals surface area contributed by atoms with Crippen LogP contribution in [0.1, 0.15) is 42.1 Å². The Morgan fingerprint density at radius 3 is 2.66 bits per heavy atom. The number of aromatic nitrogens is 1. The topological polar surface area (TPSA) is 101 Å². The van der Waals surface area contributed by atoms with Crippen LogP contribution in [-0.2, 0) is 0 Å². The van der Waals surface area contributed by atoms with Crippen molar-refractivity contribution in [2.24, 2.45) is 5.92 Å². The molecule has 156 valence electrons. The standard InChI is InChI=1S/C20H24F2N4O3/c1-24-6-4-10-5-7-25(8-10)18-14(21)16(23)13-17(15(18)22)26(11-2-3-11)9-12(19(13)27)20(28)29/h9-11,24H,2-8,23H2,1H3,(H,28,29)/t10-/m0/s1. The van der Waals surface area contributed by atoms with Crippen molar-refractivity contribution in [3.63, 3.8) is 0 Å². The maximum absolute atomic E-state index is 15.6. The van der Waals surface area contributed by atoms with Gasteiger partial charge in [0.2, 0.25) is 5.43 Å². The molecule has 9 heteroatoms. The Morgan fingerprint density at radius 2 is 2.03 bits per heavy atom. The molecule has 1 saturated carbocycles. The Morgan fingerprint density at radius 1 is 1.31 bits per heavy atom. The summed E-state index contributed by atoms with van der Waals surface area (Å²) in [5.74, 6) is -2.98. The highest BCUT2D eigenvalue weighted by Gasteiger charge is 2.34. The highest BCUT2D eigenvalue weighted by Crippen LogP contribution is 2.42. The number of halogens is 2. The molecule has 2 heterocycles. The van der Waals surface area contributed by atoms with Crippen LogP contribution >= 0.6 is 0 Å². The number of benzene rings is 1. The lowest BCUT2D eigenvalue weighted by Gasteiger charge is -2.24. The molecule has 1 aromatic heterocycles. The minimum Gasteiger partial charge on any atom is -0.477 e. The molecule has 1 saturated heterocycles. The third-order valence-electron chi connectivity index (χ3n) is 5.94. The Bertz CT molecular complexity index is 1050. The second-order valence-electron chi connectivity index (χ2n) is 7.92. The number of nitrogen functional groups attached to an aromatic ring is 1. The van der Waals surface area contributed by atoms with Gasteiger partial charge in [0.05, 0.1) is 16.6 Å². The fraction of sp³-hybridized carbons (Fsp3) is 0.500. The first-order valence-electron chi connectivity index (χ1n) is 9.83. The molecule has 0 radical (unpaired) electrons. The van der Waals surface area contributed by atoms with Gasteiger partial charge in [-0.25, -0.2) is 13.6 Å². The summed E-state index contributed by atoms with van der Waals surface area (Å²) in [5.41, 5.74) is 3.64. The van der Waals surface area contributed by atoms with E-state index in [2.05, 4.69) is 5.32 Å². The lowest BCUT2D eigenvalue weighted by molar-refractivity contribution is 0.0695. The summed E-state index contributed by atoms with van der Waals surface area (Å²) in [7, 11) is 1.86. The summed E-state index contributed by atoms with van der Waals surface area (Å²) < 4.78 is 32.3. The number of hydrogen-bond donors (Lipinski definition) is 3. The van der Waals surface area contributed by atoms with E-state index in [1.807, 2.05) is 7.05 Å². The third-order valence-corrected chi connectivity index (χ3v) is 5.94. The van der Waals surface area contributed by atoms with Crippen molar-refractivity contribution in [1.29, 1.82) is 0 Å². The molecule has 7 nitrogen and oxygen atoms in total. The molecule has 1 aliphatic heterocycles. The SMILES string of the molecule is CNCC[C@H]1CCN(c2c(F)c(N)c3c(=O)c(C(=O)O)cn(C4CC4)c3c2F)C1. The van der Waals surface area contributed by atoms with E-state index in [4.69, 9.17) is 5.73 Å². The molecule has 29 heavy (non-hydrogen) atoms. The zero-order valence-corrected chi connectivity index (χ0v) is 16.2. The largest absolute Gasteiger partial charge is 0.477 e. The summed E-state index contributed by atoms with van der Waals surface area (Å²) in [6.45, 7) is 1.82. The average Bonchev–Trinajstić information content (AvgIpc) is 3.43. The van der Waals surface area contributed by atoms with E-state index in [1.54, 1.807) is 4.90 Å².